The van der Waals surface area contributed by atoms with Crippen LogP contribution >= 0.6 is 35.6 Å². The Bertz CT molecular complexity index is 2400. The summed E-state index contributed by atoms with van der Waals surface area (Å²) in [5.74, 6) is -1.80. The number of aromatic nitrogens is 5. The highest BCUT2D eigenvalue weighted by molar-refractivity contribution is 7.80. The van der Waals surface area contributed by atoms with Crippen molar-refractivity contribution in [3.8, 4) is 29.0 Å². The molecule has 6 aromatic rings. The average Bonchev–Trinajstić information content (AvgIpc) is 3.90. The van der Waals surface area contributed by atoms with Crippen LogP contribution in [0.5, 0.6) is 11.5 Å². The van der Waals surface area contributed by atoms with Crippen LogP contribution in [0.1, 0.15) is 34.2 Å². The van der Waals surface area contributed by atoms with E-state index in [0.29, 0.717) is 33.4 Å². The lowest BCUT2D eigenvalue weighted by molar-refractivity contribution is -0.326. The number of thiol groups is 1. The number of halogens is 3. The zero-order chi connectivity index (χ0) is 39.7. The van der Waals surface area contributed by atoms with Gasteiger partial charge in [0.15, 0.2) is 34.3 Å². The Morgan fingerprint density at radius 2 is 1.82 bits per heavy atom. The SMILES string of the molecule is COc1ccc(COc2c(F)cc(CO[C@H]3[C@@H](S)O[C@@H]4COC(c5ccccc5)O[C@@H]4C3(c3cc(Cl)cnc3C#N)n3cc(-c4csc(N)n4)nn3)cc2F)cc1. The van der Waals surface area contributed by atoms with Crippen LogP contribution in [0.3, 0.4) is 0 Å². The number of nitriles is 1. The molecule has 5 heterocycles. The van der Waals surface area contributed by atoms with Crippen molar-refractivity contribution in [3.05, 3.63) is 135 Å². The molecule has 0 radical (unpaired) electrons. The number of benzene rings is 3. The largest absolute Gasteiger partial charge is 0.497 e. The summed E-state index contributed by atoms with van der Waals surface area (Å²) in [4.78, 5) is 8.75. The summed E-state index contributed by atoms with van der Waals surface area (Å²) in [5, 5.41) is 21.8. The molecule has 0 saturated carbocycles. The standard InChI is InChI=1S/C39H32ClF2N7O6S2/c1-50-25-9-7-21(8-10-25)17-51-33-27(41)11-22(12-28(33)42)18-52-35-37(56)54-32-19-53-36(23-5-3-2-4-6-23)55-34(32)39(35,26-13-24(40)15-45-29(26)14-43)49-16-30(47-48-49)31-20-57-38(44)46-31/h2-13,15-16,20,32,34-37,56H,17-19H2,1H3,(H2,44,46)/t32-,34+,35+,36?,37-,39?/m1/s1. The summed E-state index contributed by atoms with van der Waals surface area (Å²) < 4.78 is 69.4. The molecule has 0 spiro atoms. The molecular formula is C39H32ClF2N7O6S2. The van der Waals surface area contributed by atoms with Crippen molar-refractivity contribution in [1.29, 1.82) is 5.26 Å². The van der Waals surface area contributed by atoms with Crippen LogP contribution in [0, 0.1) is 23.0 Å². The molecule has 292 valence electrons. The van der Waals surface area contributed by atoms with Gasteiger partial charge < -0.3 is 34.2 Å². The van der Waals surface area contributed by atoms with Crippen LogP contribution in [-0.4, -0.2) is 62.4 Å². The van der Waals surface area contributed by atoms with Crippen molar-refractivity contribution in [2.75, 3.05) is 19.5 Å². The topological polar surface area (TPSA) is 162 Å². The van der Waals surface area contributed by atoms with E-state index in [9.17, 15) is 5.26 Å². The number of ether oxygens (including phenoxy) is 6. The second kappa shape index (κ2) is 16.3. The molecule has 0 aliphatic carbocycles. The maximum Gasteiger partial charge on any atom is 0.191 e. The highest BCUT2D eigenvalue weighted by Crippen LogP contribution is 2.50. The van der Waals surface area contributed by atoms with Crippen LogP contribution in [0.4, 0.5) is 13.9 Å². The summed E-state index contributed by atoms with van der Waals surface area (Å²) in [6.45, 7) is -0.421. The van der Waals surface area contributed by atoms with Gasteiger partial charge in [-0.25, -0.2) is 23.4 Å². The minimum Gasteiger partial charge on any atom is -0.497 e. The lowest BCUT2D eigenvalue weighted by Gasteiger charge is -2.55. The van der Waals surface area contributed by atoms with Gasteiger partial charge in [0.2, 0.25) is 0 Å². The average molecular weight is 832 g/mol. The Balaban J connectivity index is 1.21. The molecule has 57 heavy (non-hydrogen) atoms. The number of anilines is 1. The van der Waals surface area contributed by atoms with Crippen molar-refractivity contribution in [2.45, 2.75) is 48.8 Å². The molecule has 2 aliphatic rings. The van der Waals surface area contributed by atoms with Gasteiger partial charge in [0.25, 0.3) is 0 Å². The minimum atomic E-state index is -1.69. The molecule has 2 fully saturated rings. The Morgan fingerprint density at radius 1 is 1.05 bits per heavy atom. The second-order valence-electron chi connectivity index (χ2n) is 13.1. The number of nitrogens with two attached hydrogens (primary N) is 1. The van der Waals surface area contributed by atoms with E-state index in [1.807, 2.05) is 30.3 Å². The molecule has 8 rings (SSSR count). The van der Waals surface area contributed by atoms with Crippen LogP contribution in [0.2, 0.25) is 5.02 Å². The second-order valence-corrected chi connectivity index (χ2v) is 14.9. The van der Waals surface area contributed by atoms with Gasteiger partial charge in [-0.2, -0.15) is 5.26 Å². The molecule has 2 aliphatic heterocycles. The fraction of sp³-hybridized carbons (Fsp3) is 0.256. The number of hydrogen-bond acceptors (Lipinski definition) is 14. The first-order valence-corrected chi connectivity index (χ1v) is 19.2. The highest BCUT2D eigenvalue weighted by Gasteiger charge is 2.63. The summed E-state index contributed by atoms with van der Waals surface area (Å²) in [7, 11) is 1.54. The number of thiazole rings is 1. The molecule has 18 heteroatoms. The quantitative estimate of drug-likeness (QED) is 0.131. The first-order chi connectivity index (χ1) is 27.7. The van der Waals surface area contributed by atoms with Crippen molar-refractivity contribution in [2.24, 2.45) is 0 Å². The van der Waals surface area contributed by atoms with Crippen molar-refractivity contribution < 1.29 is 37.2 Å². The number of hydrogen-bond donors (Lipinski definition) is 2. The first kappa shape index (κ1) is 38.7. The maximum absolute atomic E-state index is 15.6. The van der Waals surface area contributed by atoms with Crippen LogP contribution in [0.25, 0.3) is 11.4 Å². The minimum absolute atomic E-state index is 0.0320. The number of fused-ring (bicyclic) bond motifs is 1. The van der Waals surface area contributed by atoms with Gasteiger partial charge >= 0.3 is 0 Å². The van der Waals surface area contributed by atoms with Gasteiger partial charge in [-0.1, -0.05) is 59.3 Å². The molecule has 13 nitrogen and oxygen atoms in total. The fourth-order valence-corrected chi connectivity index (χ4v) is 8.22. The van der Waals surface area contributed by atoms with Crippen LogP contribution < -0.4 is 15.2 Å². The molecule has 3 aromatic heterocycles. The van der Waals surface area contributed by atoms with Crippen molar-refractivity contribution in [3.63, 3.8) is 0 Å². The van der Waals surface area contributed by atoms with Gasteiger partial charge in [0, 0.05) is 22.7 Å². The van der Waals surface area contributed by atoms with E-state index in [4.69, 9.17) is 58.4 Å². The van der Waals surface area contributed by atoms with Crippen molar-refractivity contribution in [1.82, 2.24) is 25.0 Å². The molecule has 0 amide bonds. The van der Waals surface area contributed by atoms with E-state index in [-0.39, 0.29) is 41.7 Å². The molecule has 6 atom stereocenters. The van der Waals surface area contributed by atoms with Crippen LogP contribution in [-0.2, 0) is 37.7 Å². The number of nitrogens with zero attached hydrogens (tertiary/aromatic N) is 6. The van der Waals surface area contributed by atoms with Gasteiger partial charge in [-0.3, -0.25) is 0 Å². The third kappa shape index (κ3) is 7.53. The Labute approximate surface area is 339 Å². The molecular weight excluding hydrogens is 800 g/mol. The zero-order valence-electron chi connectivity index (χ0n) is 29.9. The molecule has 0 bridgehead atoms. The third-order valence-electron chi connectivity index (χ3n) is 9.61. The number of methoxy groups -OCH3 is 1. The summed E-state index contributed by atoms with van der Waals surface area (Å²) in [6.07, 6.45) is -1.04. The van der Waals surface area contributed by atoms with Crippen LogP contribution in [0.15, 0.2) is 90.6 Å². The van der Waals surface area contributed by atoms with Crippen molar-refractivity contribution >= 4 is 40.7 Å². The Hall–Kier alpha value is -5.19. The molecule has 2 N–H and O–H groups in total. The summed E-state index contributed by atoms with van der Waals surface area (Å²) in [6, 6.07) is 22.1. The first-order valence-electron chi connectivity index (χ1n) is 17.4. The molecule has 2 unspecified atom stereocenters. The summed E-state index contributed by atoms with van der Waals surface area (Å²) in [5.41, 5.74) is 5.68. The highest BCUT2D eigenvalue weighted by atomic mass is 35.5. The summed E-state index contributed by atoms with van der Waals surface area (Å²) >= 11 is 12.7. The number of rotatable bonds is 11. The monoisotopic (exact) mass is 831 g/mol. The predicted octanol–water partition coefficient (Wildman–Crippen LogP) is 6.87. The lowest BCUT2D eigenvalue weighted by Crippen LogP contribution is -2.70. The predicted molar refractivity (Wildman–Crippen MR) is 206 cm³/mol. The van der Waals surface area contributed by atoms with Gasteiger partial charge in [-0.15, -0.1) is 29.1 Å². The zero-order valence-corrected chi connectivity index (χ0v) is 32.3. The van der Waals surface area contributed by atoms with Gasteiger partial charge in [-0.05, 0) is 41.5 Å². The third-order valence-corrected chi connectivity index (χ3v) is 10.9. The lowest BCUT2D eigenvalue weighted by atomic mass is 9.74. The Morgan fingerprint density at radius 3 is 2.53 bits per heavy atom. The molecule has 2 saturated heterocycles. The van der Waals surface area contributed by atoms with E-state index in [0.717, 1.165) is 12.1 Å². The maximum atomic E-state index is 15.6. The van der Waals surface area contributed by atoms with E-state index < -0.39 is 53.0 Å². The van der Waals surface area contributed by atoms with E-state index in [2.05, 4.69) is 26.3 Å². The van der Waals surface area contributed by atoms with E-state index >= 15 is 8.78 Å². The number of pyridine rings is 1. The van der Waals surface area contributed by atoms with Gasteiger partial charge in [0.1, 0.15) is 59.3 Å². The molecule has 3 aromatic carbocycles. The Kier molecular flexibility index (Phi) is 11.1. The van der Waals surface area contributed by atoms with E-state index in [1.54, 1.807) is 49.0 Å². The van der Waals surface area contributed by atoms with E-state index in [1.165, 1.54) is 22.2 Å². The van der Waals surface area contributed by atoms with Gasteiger partial charge in [0.05, 0.1) is 31.5 Å². The normalized spacial score (nSPS) is 23.1. The smallest absolute Gasteiger partial charge is 0.191 e. The fourth-order valence-electron chi connectivity index (χ4n) is 7.04. The number of nitrogen functional groups attached to an aromatic ring is 1.